The molecule has 4 heterocycles. The van der Waals surface area contributed by atoms with E-state index in [1.165, 1.54) is 12.4 Å². The fourth-order valence-corrected chi connectivity index (χ4v) is 3.44. The third kappa shape index (κ3) is 3.66. The van der Waals surface area contributed by atoms with Gasteiger partial charge in [0.1, 0.15) is 23.2 Å². The van der Waals surface area contributed by atoms with Crippen molar-refractivity contribution >= 4 is 17.5 Å². The third-order valence-corrected chi connectivity index (χ3v) is 4.75. The van der Waals surface area contributed by atoms with Gasteiger partial charge in [-0.15, -0.1) is 0 Å². The number of hydrogen-bond acceptors (Lipinski definition) is 7. The molecule has 1 aliphatic rings. The zero-order chi connectivity index (χ0) is 19.5. The summed E-state index contributed by atoms with van der Waals surface area (Å²) in [6.45, 7) is 4.51. The number of carbonyl (C=O) groups is 1. The molecule has 3 aromatic rings. The molecule has 0 saturated carbocycles. The molecule has 8 heteroatoms. The predicted octanol–water partition coefficient (Wildman–Crippen LogP) is 3.00. The average Bonchev–Trinajstić information content (AvgIpc) is 3.19. The van der Waals surface area contributed by atoms with E-state index in [1.54, 1.807) is 12.4 Å². The Hall–Kier alpha value is -3.42. The molecule has 0 aliphatic carbocycles. The molecule has 3 aromatic heterocycles. The van der Waals surface area contributed by atoms with Crippen LogP contribution in [0.15, 0.2) is 43.0 Å². The molecule has 4 rings (SSSR count). The first kappa shape index (κ1) is 18.0. The molecular weight excluding hydrogens is 354 g/mol. The van der Waals surface area contributed by atoms with Crippen molar-refractivity contribution in [2.24, 2.45) is 0 Å². The summed E-state index contributed by atoms with van der Waals surface area (Å²) in [5, 5.41) is 3.26. The number of hydrogen-bond donors (Lipinski definition) is 1. The first-order chi connectivity index (χ1) is 13.6. The van der Waals surface area contributed by atoms with Crippen LogP contribution in [-0.2, 0) is 0 Å². The summed E-state index contributed by atoms with van der Waals surface area (Å²) in [4.78, 5) is 36.3. The number of anilines is 2. The molecule has 142 valence electrons. The summed E-state index contributed by atoms with van der Waals surface area (Å²) in [7, 11) is 0. The van der Waals surface area contributed by atoms with Crippen LogP contribution in [0.1, 0.15) is 46.5 Å². The molecule has 0 aromatic carbocycles. The number of aryl methyl sites for hydroxylation is 2. The maximum absolute atomic E-state index is 12.9. The molecule has 1 N–H and O–H groups in total. The predicted molar refractivity (Wildman–Crippen MR) is 104 cm³/mol. The van der Waals surface area contributed by atoms with Gasteiger partial charge in [-0.3, -0.25) is 9.78 Å². The van der Waals surface area contributed by atoms with Crippen LogP contribution in [-0.4, -0.2) is 42.3 Å². The van der Waals surface area contributed by atoms with E-state index in [9.17, 15) is 4.79 Å². The second kappa shape index (κ2) is 7.67. The smallest absolute Gasteiger partial charge is 0.274 e. The molecule has 0 radical (unpaired) electrons. The van der Waals surface area contributed by atoms with E-state index in [1.807, 2.05) is 36.9 Å². The van der Waals surface area contributed by atoms with Crippen LogP contribution in [0.3, 0.4) is 0 Å². The van der Waals surface area contributed by atoms with E-state index in [0.29, 0.717) is 23.9 Å². The minimum absolute atomic E-state index is 0.110. The number of likely N-dealkylation sites (tertiary alicyclic amines) is 1. The number of rotatable bonds is 4. The number of pyridine rings is 1. The van der Waals surface area contributed by atoms with Gasteiger partial charge in [-0.05, 0) is 38.3 Å². The Morgan fingerprint density at radius 3 is 2.86 bits per heavy atom. The zero-order valence-electron chi connectivity index (χ0n) is 15.8. The van der Waals surface area contributed by atoms with Gasteiger partial charge in [-0.25, -0.2) is 19.9 Å². The van der Waals surface area contributed by atoms with Gasteiger partial charge in [-0.1, -0.05) is 6.07 Å². The Kier molecular flexibility index (Phi) is 4.92. The van der Waals surface area contributed by atoms with E-state index in [4.69, 9.17) is 0 Å². The fraction of sp³-hybridized carbons (Fsp3) is 0.300. The van der Waals surface area contributed by atoms with Crippen LogP contribution in [0, 0.1) is 13.8 Å². The Labute approximate surface area is 163 Å². The standard InChI is InChI=1S/C20H21N7O/c1-13-5-3-7-23-19(13)26-18-11-15(24-14(2)25-18)17-6-4-10-27(17)20(28)16-12-21-8-9-22-16/h3,5,7-9,11-12,17H,4,6,10H2,1-2H3,(H,23,24,25,26)/t17-/m1/s1. The second-order valence-corrected chi connectivity index (χ2v) is 6.77. The quantitative estimate of drug-likeness (QED) is 0.748. The van der Waals surface area contributed by atoms with Crippen molar-refractivity contribution < 1.29 is 4.79 Å². The minimum Gasteiger partial charge on any atom is -0.329 e. The Morgan fingerprint density at radius 2 is 2.07 bits per heavy atom. The maximum atomic E-state index is 12.9. The first-order valence-electron chi connectivity index (χ1n) is 9.23. The van der Waals surface area contributed by atoms with Crippen molar-refractivity contribution in [3.8, 4) is 0 Å². The van der Waals surface area contributed by atoms with Crippen LogP contribution in [0.2, 0.25) is 0 Å². The van der Waals surface area contributed by atoms with Crippen LogP contribution < -0.4 is 5.32 Å². The molecule has 0 spiro atoms. The van der Waals surface area contributed by atoms with E-state index in [0.717, 1.165) is 29.9 Å². The van der Waals surface area contributed by atoms with Crippen molar-refractivity contribution in [3.05, 3.63) is 65.8 Å². The Morgan fingerprint density at radius 1 is 1.18 bits per heavy atom. The van der Waals surface area contributed by atoms with E-state index < -0.39 is 0 Å². The summed E-state index contributed by atoms with van der Waals surface area (Å²) in [5.41, 5.74) is 2.20. The average molecular weight is 375 g/mol. The lowest BCUT2D eigenvalue weighted by atomic mass is 10.1. The summed E-state index contributed by atoms with van der Waals surface area (Å²) in [6.07, 6.45) is 8.10. The van der Waals surface area contributed by atoms with E-state index >= 15 is 0 Å². The molecule has 1 amide bonds. The van der Waals surface area contributed by atoms with Gasteiger partial charge >= 0.3 is 0 Å². The van der Waals surface area contributed by atoms with Gasteiger partial charge in [0.25, 0.3) is 5.91 Å². The van der Waals surface area contributed by atoms with Crippen LogP contribution in [0.5, 0.6) is 0 Å². The summed E-state index contributed by atoms with van der Waals surface area (Å²) in [5.74, 6) is 1.95. The SMILES string of the molecule is Cc1nc(Nc2ncccc2C)cc([C@H]2CCCN2C(=O)c2cnccn2)n1. The van der Waals surface area contributed by atoms with Gasteiger partial charge in [0.2, 0.25) is 0 Å². The van der Waals surface area contributed by atoms with Gasteiger partial charge in [0.05, 0.1) is 17.9 Å². The highest BCUT2D eigenvalue weighted by Gasteiger charge is 2.32. The number of amides is 1. The molecule has 1 saturated heterocycles. The van der Waals surface area contributed by atoms with Crippen molar-refractivity contribution in [1.82, 2.24) is 29.8 Å². The number of carbonyl (C=O) groups excluding carboxylic acids is 1. The lowest BCUT2D eigenvalue weighted by Gasteiger charge is -2.24. The van der Waals surface area contributed by atoms with Gasteiger partial charge in [0.15, 0.2) is 0 Å². The molecule has 1 fully saturated rings. The van der Waals surface area contributed by atoms with Crippen LogP contribution >= 0.6 is 0 Å². The van der Waals surface area contributed by atoms with Gasteiger partial charge in [0, 0.05) is 31.2 Å². The highest BCUT2D eigenvalue weighted by molar-refractivity contribution is 5.92. The Balaban J connectivity index is 1.62. The molecule has 1 atom stereocenters. The fourth-order valence-electron chi connectivity index (χ4n) is 3.44. The highest BCUT2D eigenvalue weighted by atomic mass is 16.2. The van der Waals surface area contributed by atoms with Crippen molar-refractivity contribution in [2.75, 3.05) is 11.9 Å². The monoisotopic (exact) mass is 375 g/mol. The Bertz CT molecular complexity index is 993. The molecule has 8 nitrogen and oxygen atoms in total. The topological polar surface area (TPSA) is 96.8 Å². The largest absolute Gasteiger partial charge is 0.329 e. The molecule has 28 heavy (non-hydrogen) atoms. The third-order valence-electron chi connectivity index (χ3n) is 4.75. The van der Waals surface area contributed by atoms with Crippen molar-refractivity contribution in [3.63, 3.8) is 0 Å². The summed E-state index contributed by atoms with van der Waals surface area (Å²) >= 11 is 0. The summed E-state index contributed by atoms with van der Waals surface area (Å²) < 4.78 is 0. The number of nitrogens with one attached hydrogen (secondary N) is 1. The van der Waals surface area contributed by atoms with Gasteiger partial charge < -0.3 is 10.2 Å². The summed E-state index contributed by atoms with van der Waals surface area (Å²) in [6, 6.07) is 5.67. The van der Waals surface area contributed by atoms with E-state index in [-0.39, 0.29) is 11.9 Å². The van der Waals surface area contributed by atoms with Gasteiger partial charge in [-0.2, -0.15) is 0 Å². The number of aromatic nitrogens is 5. The highest BCUT2D eigenvalue weighted by Crippen LogP contribution is 2.33. The zero-order valence-corrected chi connectivity index (χ0v) is 15.8. The van der Waals surface area contributed by atoms with Crippen molar-refractivity contribution in [2.45, 2.75) is 32.7 Å². The van der Waals surface area contributed by atoms with Crippen molar-refractivity contribution in [1.29, 1.82) is 0 Å². The maximum Gasteiger partial charge on any atom is 0.274 e. The molecule has 1 aliphatic heterocycles. The molecule has 0 unspecified atom stereocenters. The lowest BCUT2D eigenvalue weighted by Crippen LogP contribution is -2.31. The lowest BCUT2D eigenvalue weighted by molar-refractivity contribution is 0.0726. The minimum atomic E-state index is -0.123. The first-order valence-corrected chi connectivity index (χ1v) is 9.23. The molecular formula is C20H21N7O. The second-order valence-electron chi connectivity index (χ2n) is 6.77. The van der Waals surface area contributed by atoms with E-state index in [2.05, 4.69) is 30.2 Å². The normalized spacial score (nSPS) is 16.2. The van der Waals surface area contributed by atoms with Crippen LogP contribution in [0.4, 0.5) is 11.6 Å². The molecule has 0 bridgehead atoms. The number of nitrogens with zero attached hydrogens (tertiary/aromatic N) is 6. The van der Waals surface area contributed by atoms with Crippen LogP contribution in [0.25, 0.3) is 0 Å².